The molecule has 0 spiro atoms. The lowest BCUT2D eigenvalue weighted by Crippen LogP contribution is -1.98. The molecule has 0 fully saturated rings. The third-order valence-electron chi connectivity index (χ3n) is 2.73. The molecule has 0 radical (unpaired) electrons. The van der Waals surface area contributed by atoms with Gasteiger partial charge in [0.25, 0.3) is 0 Å². The second kappa shape index (κ2) is 5.83. The zero-order valence-corrected chi connectivity index (χ0v) is 13.2. The van der Waals surface area contributed by atoms with Crippen LogP contribution in [0.2, 0.25) is 5.28 Å². The Morgan fingerprint density at radius 2 is 1.67 bits per heavy atom. The predicted molar refractivity (Wildman–Crippen MR) is 83.1 cm³/mol. The van der Waals surface area contributed by atoms with Crippen LogP contribution in [0.3, 0.4) is 0 Å². The fourth-order valence-corrected chi connectivity index (χ4v) is 2.34. The van der Waals surface area contributed by atoms with E-state index < -0.39 is 0 Å². The van der Waals surface area contributed by atoms with Crippen LogP contribution >= 0.6 is 27.5 Å². The van der Waals surface area contributed by atoms with Gasteiger partial charge in [0.2, 0.25) is 5.28 Å². The number of fused-ring (bicyclic) bond motifs is 1. The lowest BCUT2D eigenvalue weighted by Gasteiger charge is -2.06. The summed E-state index contributed by atoms with van der Waals surface area (Å²) in [6.07, 6.45) is 0. The monoisotopic (exact) mass is 365 g/mol. The number of hydrogen-bond acceptors (Lipinski definition) is 5. The van der Waals surface area contributed by atoms with E-state index in [2.05, 4.69) is 30.9 Å². The van der Waals surface area contributed by atoms with E-state index in [1.165, 1.54) is 7.11 Å². The minimum atomic E-state index is 0.0153. The molecule has 0 saturated carbocycles. The van der Waals surface area contributed by atoms with Crippen LogP contribution < -0.4 is 9.47 Å². The second-order valence-corrected chi connectivity index (χ2v) is 5.38. The Hall–Kier alpha value is -1.92. The first kappa shape index (κ1) is 14.0. The van der Waals surface area contributed by atoms with Gasteiger partial charge in [0.05, 0.1) is 7.11 Å². The maximum absolute atomic E-state index is 5.78. The Balaban J connectivity index is 1.94. The van der Waals surface area contributed by atoms with Crippen molar-refractivity contribution in [2.45, 2.75) is 0 Å². The molecular weight excluding hydrogens is 358 g/mol. The Morgan fingerprint density at radius 3 is 2.48 bits per heavy atom. The second-order valence-electron chi connectivity index (χ2n) is 4.13. The Morgan fingerprint density at radius 1 is 0.952 bits per heavy atom. The minimum absolute atomic E-state index is 0.0153. The highest BCUT2D eigenvalue weighted by Crippen LogP contribution is 2.26. The first-order chi connectivity index (χ1) is 10.1. The van der Waals surface area contributed by atoms with Crippen LogP contribution in [-0.2, 0) is 0 Å². The molecule has 3 rings (SSSR count). The van der Waals surface area contributed by atoms with Crippen molar-refractivity contribution in [1.82, 2.24) is 15.0 Å². The fourth-order valence-electron chi connectivity index (χ4n) is 1.82. The molecule has 1 heterocycles. The van der Waals surface area contributed by atoms with Crippen molar-refractivity contribution < 1.29 is 9.47 Å². The van der Waals surface area contributed by atoms with Crippen molar-refractivity contribution in [2.75, 3.05) is 7.11 Å². The van der Waals surface area contributed by atoms with Gasteiger partial charge in [-0.05, 0) is 46.6 Å². The number of rotatable bonds is 3. The number of aromatic nitrogens is 3. The normalized spacial score (nSPS) is 10.6. The summed E-state index contributed by atoms with van der Waals surface area (Å²) in [6, 6.07) is 11.9. The van der Waals surface area contributed by atoms with Gasteiger partial charge in [-0.2, -0.15) is 9.97 Å². The van der Waals surface area contributed by atoms with Crippen molar-refractivity contribution in [3.05, 3.63) is 46.2 Å². The minimum Gasteiger partial charge on any atom is -0.467 e. The van der Waals surface area contributed by atoms with Crippen LogP contribution in [0.25, 0.3) is 10.8 Å². The molecule has 106 valence electrons. The van der Waals surface area contributed by atoms with Gasteiger partial charge in [-0.25, -0.2) is 0 Å². The summed E-state index contributed by atoms with van der Waals surface area (Å²) in [5.74, 6) is 0.606. The lowest BCUT2D eigenvalue weighted by molar-refractivity contribution is 0.359. The number of nitrogens with zero attached hydrogens (tertiary/aromatic N) is 3. The summed E-state index contributed by atoms with van der Waals surface area (Å²) < 4.78 is 11.6. The van der Waals surface area contributed by atoms with Crippen molar-refractivity contribution in [3.8, 4) is 17.8 Å². The van der Waals surface area contributed by atoms with Crippen LogP contribution in [-0.4, -0.2) is 22.1 Å². The molecule has 0 unspecified atom stereocenters. The average molecular weight is 367 g/mol. The molecular formula is C14H9BrClN3O2. The molecule has 3 aromatic rings. The fraction of sp³-hybridized carbons (Fsp3) is 0.0714. The van der Waals surface area contributed by atoms with Gasteiger partial charge >= 0.3 is 12.0 Å². The summed E-state index contributed by atoms with van der Waals surface area (Å²) in [5, 5.41) is 2.16. The molecule has 1 aromatic heterocycles. The van der Waals surface area contributed by atoms with Crippen LogP contribution in [0.1, 0.15) is 0 Å². The standard InChI is InChI=1S/C14H9BrClN3O2/c1-20-13-17-12(16)18-14(19-13)21-11-5-3-8-6-10(15)4-2-9(8)7-11/h2-7H,1H3. The van der Waals surface area contributed by atoms with Gasteiger partial charge in [-0.15, -0.1) is 4.98 Å². The summed E-state index contributed by atoms with van der Waals surface area (Å²) in [5.41, 5.74) is 0. The van der Waals surface area contributed by atoms with E-state index in [-0.39, 0.29) is 17.3 Å². The van der Waals surface area contributed by atoms with E-state index in [1.54, 1.807) is 0 Å². The van der Waals surface area contributed by atoms with E-state index in [4.69, 9.17) is 21.1 Å². The number of ether oxygens (including phenoxy) is 2. The zero-order chi connectivity index (χ0) is 14.8. The molecule has 21 heavy (non-hydrogen) atoms. The van der Waals surface area contributed by atoms with Crippen molar-refractivity contribution in [3.63, 3.8) is 0 Å². The van der Waals surface area contributed by atoms with E-state index in [0.29, 0.717) is 5.75 Å². The molecule has 7 heteroatoms. The van der Waals surface area contributed by atoms with Crippen molar-refractivity contribution in [1.29, 1.82) is 0 Å². The number of benzene rings is 2. The molecule has 5 nitrogen and oxygen atoms in total. The molecule has 0 atom stereocenters. The SMILES string of the molecule is COc1nc(Cl)nc(Oc2ccc3cc(Br)ccc3c2)n1. The van der Waals surface area contributed by atoms with Crippen molar-refractivity contribution in [2.24, 2.45) is 0 Å². The maximum Gasteiger partial charge on any atom is 0.329 e. The Bertz CT molecular complexity index is 813. The smallest absolute Gasteiger partial charge is 0.329 e. The molecule has 0 aliphatic heterocycles. The summed E-state index contributed by atoms with van der Waals surface area (Å²) in [7, 11) is 1.45. The number of halogens is 2. The molecule has 0 aliphatic carbocycles. The first-order valence-corrected chi connectivity index (χ1v) is 7.14. The average Bonchev–Trinajstić information content (AvgIpc) is 2.47. The quantitative estimate of drug-likeness (QED) is 0.694. The van der Waals surface area contributed by atoms with Crippen LogP contribution in [0.5, 0.6) is 17.8 Å². The van der Waals surface area contributed by atoms with Crippen LogP contribution in [0.15, 0.2) is 40.9 Å². The predicted octanol–water partition coefficient (Wildman–Crippen LogP) is 4.24. The molecule has 0 bridgehead atoms. The third kappa shape index (κ3) is 3.22. The molecule has 0 N–H and O–H groups in total. The third-order valence-corrected chi connectivity index (χ3v) is 3.39. The van der Waals surface area contributed by atoms with Gasteiger partial charge in [0.1, 0.15) is 5.75 Å². The van der Waals surface area contributed by atoms with Gasteiger partial charge in [0.15, 0.2) is 0 Å². The Kier molecular flexibility index (Phi) is 3.90. The molecule has 0 aliphatic rings. The van der Waals surface area contributed by atoms with E-state index in [0.717, 1.165) is 15.2 Å². The van der Waals surface area contributed by atoms with E-state index in [1.807, 2.05) is 36.4 Å². The largest absolute Gasteiger partial charge is 0.467 e. The first-order valence-electron chi connectivity index (χ1n) is 5.97. The van der Waals surface area contributed by atoms with Gasteiger partial charge < -0.3 is 9.47 Å². The summed E-state index contributed by atoms with van der Waals surface area (Å²) in [4.78, 5) is 11.7. The maximum atomic E-state index is 5.78. The van der Waals surface area contributed by atoms with Gasteiger partial charge in [0, 0.05) is 4.47 Å². The lowest BCUT2D eigenvalue weighted by atomic mass is 10.1. The highest BCUT2D eigenvalue weighted by molar-refractivity contribution is 9.10. The zero-order valence-electron chi connectivity index (χ0n) is 10.9. The summed E-state index contributed by atoms with van der Waals surface area (Å²) in [6.45, 7) is 0. The van der Waals surface area contributed by atoms with E-state index in [9.17, 15) is 0 Å². The highest BCUT2D eigenvalue weighted by Gasteiger charge is 2.08. The van der Waals surface area contributed by atoms with Gasteiger partial charge in [-0.3, -0.25) is 0 Å². The Labute approximate surface area is 134 Å². The van der Waals surface area contributed by atoms with E-state index >= 15 is 0 Å². The topological polar surface area (TPSA) is 57.1 Å². The molecule has 0 saturated heterocycles. The molecule has 2 aromatic carbocycles. The molecule has 0 amide bonds. The highest BCUT2D eigenvalue weighted by atomic mass is 79.9. The van der Waals surface area contributed by atoms with Gasteiger partial charge in [-0.1, -0.05) is 28.1 Å². The summed E-state index contributed by atoms with van der Waals surface area (Å²) >= 11 is 9.22. The number of hydrogen-bond donors (Lipinski definition) is 0. The van der Waals surface area contributed by atoms with Crippen LogP contribution in [0, 0.1) is 0 Å². The number of methoxy groups -OCH3 is 1. The van der Waals surface area contributed by atoms with Crippen molar-refractivity contribution >= 4 is 38.3 Å². The van der Waals surface area contributed by atoms with Crippen LogP contribution in [0.4, 0.5) is 0 Å².